The lowest BCUT2D eigenvalue weighted by Gasteiger charge is -2.23. The Morgan fingerprint density at radius 2 is 2.11 bits per heavy atom. The van der Waals surface area contributed by atoms with Gasteiger partial charge in [-0.25, -0.2) is 0 Å². The predicted molar refractivity (Wildman–Crippen MR) is 81.0 cm³/mol. The number of carbonyl (C=O) groups excluding carboxylic acids is 1. The van der Waals surface area contributed by atoms with E-state index in [0.717, 1.165) is 18.4 Å². The maximum Gasteiger partial charge on any atom is 0.225 e. The minimum Gasteiger partial charge on any atom is -0.393 e. The van der Waals surface area contributed by atoms with Crippen molar-refractivity contribution in [2.45, 2.75) is 25.8 Å². The summed E-state index contributed by atoms with van der Waals surface area (Å²) in [5.41, 5.74) is 6.48. The summed E-state index contributed by atoms with van der Waals surface area (Å²) in [6.45, 7) is 1.09. The lowest BCUT2D eigenvalue weighted by molar-refractivity contribution is -0.133. The van der Waals surface area contributed by atoms with Crippen molar-refractivity contribution < 1.29 is 4.79 Å². The van der Waals surface area contributed by atoms with Gasteiger partial charge in [-0.1, -0.05) is 42.0 Å². The normalized spacial score (nSPS) is 14.2. The Kier molecular flexibility index (Phi) is 4.77. The number of thiocarbonyl (C=S) groups is 1. The van der Waals surface area contributed by atoms with Crippen LogP contribution in [0.3, 0.4) is 0 Å². The highest BCUT2D eigenvalue weighted by molar-refractivity contribution is 7.80. The molecule has 2 N–H and O–H groups in total. The molecule has 0 atom stereocenters. The second-order valence-electron chi connectivity index (χ2n) is 4.84. The molecule has 1 aromatic rings. The van der Waals surface area contributed by atoms with E-state index in [-0.39, 0.29) is 11.8 Å². The van der Waals surface area contributed by atoms with Crippen molar-refractivity contribution in [2.24, 2.45) is 11.7 Å². The van der Waals surface area contributed by atoms with Crippen molar-refractivity contribution in [3.63, 3.8) is 0 Å². The van der Waals surface area contributed by atoms with Crippen LogP contribution in [0.4, 0.5) is 0 Å². The number of hydrogen-bond acceptors (Lipinski definition) is 2. The average Bonchev–Trinajstić information content (AvgIpc) is 3.19. The summed E-state index contributed by atoms with van der Waals surface area (Å²) in [4.78, 5) is 14.5. The van der Waals surface area contributed by atoms with Crippen LogP contribution < -0.4 is 5.73 Å². The molecule has 5 heteroatoms. The number of halogens is 1. The van der Waals surface area contributed by atoms with E-state index >= 15 is 0 Å². The molecule has 102 valence electrons. The molecule has 0 bridgehead atoms. The molecule has 0 radical (unpaired) electrons. The highest BCUT2D eigenvalue weighted by Crippen LogP contribution is 2.32. The van der Waals surface area contributed by atoms with Crippen LogP contribution in [0, 0.1) is 5.92 Å². The molecule has 0 saturated heterocycles. The van der Waals surface area contributed by atoms with Crippen LogP contribution in [-0.4, -0.2) is 22.3 Å². The standard InChI is InChI=1S/C14H17ClN2OS/c15-12-4-2-1-3-11(12)9-17(8-7-13(16)19)14(18)10-5-6-10/h1-4,10H,5-9H2,(H2,16,19). The van der Waals surface area contributed by atoms with Gasteiger partial charge in [0.2, 0.25) is 5.91 Å². The smallest absolute Gasteiger partial charge is 0.225 e. The van der Waals surface area contributed by atoms with E-state index in [4.69, 9.17) is 29.6 Å². The first-order valence-corrected chi connectivity index (χ1v) is 7.17. The van der Waals surface area contributed by atoms with Crippen LogP contribution in [0.5, 0.6) is 0 Å². The van der Waals surface area contributed by atoms with E-state index < -0.39 is 0 Å². The molecule has 2 rings (SSSR count). The van der Waals surface area contributed by atoms with Gasteiger partial charge in [0.15, 0.2) is 0 Å². The van der Waals surface area contributed by atoms with Crippen LogP contribution >= 0.6 is 23.8 Å². The van der Waals surface area contributed by atoms with Crippen LogP contribution in [0.15, 0.2) is 24.3 Å². The Hall–Kier alpha value is -1.13. The van der Waals surface area contributed by atoms with Gasteiger partial charge in [0.05, 0.1) is 4.99 Å². The molecule has 1 saturated carbocycles. The van der Waals surface area contributed by atoms with E-state index in [9.17, 15) is 4.79 Å². The monoisotopic (exact) mass is 296 g/mol. The third kappa shape index (κ3) is 4.18. The molecule has 1 fully saturated rings. The van der Waals surface area contributed by atoms with Crippen molar-refractivity contribution in [1.82, 2.24) is 4.90 Å². The maximum atomic E-state index is 12.2. The molecule has 0 aliphatic heterocycles. The van der Waals surface area contributed by atoms with E-state index in [1.807, 2.05) is 29.2 Å². The predicted octanol–water partition coefficient (Wildman–Crippen LogP) is 2.75. The van der Waals surface area contributed by atoms with Crippen LogP contribution in [0.2, 0.25) is 5.02 Å². The fraction of sp³-hybridized carbons (Fsp3) is 0.429. The summed E-state index contributed by atoms with van der Waals surface area (Å²) in [7, 11) is 0. The first-order valence-electron chi connectivity index (χ1n) is 6.38. The van der Waals surface area contributed by atoms with Crippen LogP contribution in [0.1, 0.15) is 24.8 Å². The molecule has 0 aromatic heterocycles. The van der Waals surface area contributed by atoms with Crippen molar-refractivity contribution in [3.8, 4) is 0 Å². The quantitative estimate of drug-likeness (QED) is 0.821. The second-order valence-corrected chi connectivity index (χ2v) is 5.77. The summed E-state index contributed by atoms with van der Waals surface area (Å²) >= 11 is 11.0. The van der Waals surface area contributed by atoms with E-state index in [1.54, 1.807) is 0 Å². The summed E-state index contributed by atoms with van der Waals surface area (Å²) in [6, 6.07) is 7.59. The molecule has 19 heavy (non-hydrogen) atoms. The maximum absolute atomic E-state index is 12.2. The Labute approximate surface area is 123 Å². The third-order valence-corrected chi connectivity index (χ3v) is 3.76. The molecule has 1 aliphatic rings. The topological polar surface area (TPSA) is 46.3 Å². The van der Waals surface area contributed by atoms with Crippen molar-refractivity contribution in [1.29, 1.82) is 0 Å². The highest BCUT2D eigenvalue weighted by atomic mass is 35.5. The molecular formula is C14H17ClN2OS. The van der Waals surface area contributed by atoms with Gasteiger partial charge in [-0.05, 0) is 24.5 Å². The number of rotatable bonds is 6. The number of benzene rings is 1. The summed E-state index contributed by atoms with van der Waals surface area (Å²) in [6.07, 6.45) is 2.54. The molecular weight excluding hydrogens is 280 g/mol. The Bertz CT molecular complexity index is 488. The van der Waals surface area contributed by atoms with Gasteiger partial charge in [0, 0.05) is 30.5 Å². The zero-order valence-electron chi connectivity index (χ0n) is 10.6. The molecule has 1 aliphatic carbocycles. The first-order chi connectivity index (χ1) is 9.08. The summed E-state index contributed by atoms with van der Waals surface area (Å²) in [5, 5.41) is 0.687. The van der Waals surface area contributed by atoms with Gasteiger partial charge in [-0.2, -0.15) is 0 Å². The number of amides is 1. The zero-order valence-corrected chi connectivity index (χ0v) is 12.2. The van der Waals surface area contributed by atoms with Gasteiger partial charge >= 0.3 is 0 Å². The molecule has 1 amide bonds. The number of carbonyl (C=O) groups is 1. The van der Waals surface area contributed by atoms with Crippen LogP contribution in [-0.2, 0) is 11.3 Å². The Morgan fingerprint density at radius 1 is 1.42 bits per heavy atom. The number of nitrogens with two attached hydrogens (primary N) is 1. The number of hydrogen-bond donors (Lipinski definition) is 1. The molecule has 3 nitrogen and oxygen atoms in total. The van der Waals surface area contributed by atoms with E-state index in [0.29, 0.717) is 29.5 Å². The van der Waals surface area contributed by atoms with Gasteiger partial charge < -0.3 is 10.6 Å². The number of nitrogens with zero attached hydrogens (tertiary/aromatic N) is 1. The van der Waals surface area contributed by atoms with Gasteiger partial charge in [0.1, 0.15) is 0 Å². The second kappa shape index (κ2) is 6.35. The van der Waals surface area contributed by atoms with Crippen molar-refractivity contribution >= 4 is 34.7 Å². The van der Waals surface area contributed by atoms with E-state index in [2.05, 4.69) is 0 Å². The van der Waals surface area contributed by atoms with Gasteiger partial charge in [-0.3, -0.25) is 4.79 Å². The lowest BCUT2D eigenvalue weighted by atomic mass is 10.2. The summed E-state index contributed by atoms with van der Waals surface area (Å²) in [5.74, 6) is 0.380. The third-order valence-electron chi connectivity index (χ3n) is 3.19. The van der Waals surface area contributed by atoms with Gasteiger partial charge in [0.25, 0.3) is 0 Å². The Balaban J connectivity index is 2.06. The van der Waals surface area contributed by atoms with Crippen molar-refractivity contribution in [3.05, 3.63) is 34.9 Å². The summed E-state index contributed by atoms with van der Waals surface area (Å²) < 4.78 is 0. The largest absolute Gasteiger partial charge is 0.393 e. The first kappa shape index (κ1) is 14.3. The lowest BCUT2D eigenvalue weighted by Crippen LogP contribution is -2.34. The Morgan fingerprint density at radius 3 is 2.68 bits per heavy atom. The van der Waals surface area contributed by atoms with E-state index in [1.165, 1.54) is 0 Å². The SMILES string of the molecule is NC(=S)CCN(Cc1ccccc1Cl)C(=O)C1CC1. The molecule has 1 aromatic carbocycles. The minimum atomic E-state index is 0.189. The molecule has 0 heterocycles. The van der Waals surface area contributed by atoms with Crippen molar-refractivity contribution in [2.75, 3.05) is 6.54 Å². The average molecular weight is 297 g/mol. The fourth-order valence-corrected chi connectivity index (χ4v) is 2.22. The van der Waals surface area contributed by atoms with Crippen LogP contribution in [0.25, 0.3) is 0 Å². The fourth-order valence-electron chi connectivity index (χ4n) is 1.93. The van der Waals surface area contributed by atoms with Gasteiger partial charge in [-0.15, -0.1) is 0 Å². The molecule has 0 unspecified atom stereocenters. The zero-order chi connectivity index (χ0) is 13.8. The highest BCUT2D eigenvalue weighted by Gasteiger charge is 2.33. The minimum absolute atomic E-state index is 0.189. The molecule has 0 spiro atoms.